The van der Waals surface area contributed by atoms with Crippen molar-refractivity contribution in [3.63, 3.8) is 0 Å². The Balaban J connectivity index is 1.81. The van der Waals surface area contributed by atoms with Crippen LogP contribution in [-0.4, -0.2) is 26.3 Å². The first-order chi connectivity index (χ1) is 12.5. The molecule has 1 aromatic heterocycles. The summed E-state index contributed by atoms with van der Waals surface area (Å²) in [6, 6.07) is 14.1. The number of aryl methyl sites for hydroxylation is 3. The maximum Gasteiger partial charge on any atom is 0.191 e. The smallest absolute Gasteiger partial charge is 0.191 e. The Kier molecular flexibility index (Phi) is 5.57. The summed E-state index contributed by atoms with van der Waals surface area (Å²) in [5, 5.41) is 9.49. The van der Waals surface area contributed by atoms with Crippen LogP contribution >= 0.6 is 11.8 Å². The Bertz CT molecular complexity index is 946. The van der Waals surface area contributed by atoms with Crippen LogP contribution in [-0.2, 0) is 6.54 Å². The molecule has 4 nitrogen and oxygen atoms in total. The Morgan fingerprint density at radius 3 is 2.50 bits per heavy atom. The average molecular weight is 366 g/mol. The fourth-order valence-corrected chi connectivity index (χ4v) is 3.92. The monoisotopic (exact) mass is 365 g/mol. The Hall–Kier alpha value is -2.40. The van der Waals surface area contributed by atoms with Crippen LogP contribution in [0.5, 0.6) is 0 Å². The van der Waals surface area contributed by atoms with Gasteiger partial charge in [-0.1, -0.05) is 59.8 Å². The number of carbonyl (C=O) groups excluding carboxylic acids is 1. The number of aromatic nitrogens is 3. The molecule has 0 amide bonds. The van der Waals surface area contributed by atoms with Crippen LogP contribution < -0.4 is 0 Å². The van der Waals surface area contributed by atoms with Crippen molar-refractivity contribution < 1.29 is 4.79 Å². The molecule has 0 atom stereocenters. The maximum absolute atomic E-state index is 12.6. The van der Waals surface area contributed by atoms with E-state index in [1.807, 2.05) is 44.2 Å². The van der Waals surface area contributed by atoms with Crippen LogP contribution in [0.3, 0.4) is 0 Å². The van der Waals surface area contributed by atoms with E-state index in [1.54, 1.807) is 0 Å². The molecule has 1 heterocycles. The number of nitrogens with zero attached hydrogens (tertiary/aromatic N) is 3. The van der Waals surface area contributed by atoms with E-state index in [4.69, 9.17) is 0 Å². The minimum Gasteiger partial charge on any atom is -0.302 e. The van der Waals surface area contributed by atoms with Crippen molar-refractivity contribution in [3.05, 3.63) is 64.7 Å². The van der Waals surface area contributed by atoms with Crippen LogP contribution in [0.15, 0.2) is 47.6 Å². The molecule has 0 bridgehead atoms. The quantitative estimate of drug-likeness (QED) is 0.462. The molecule has 2 aromatic carbocycles. The van der Waals surface area contributed by atoms with Crippen LogP contribution in [0.25, 0.3) is 11.4 Å². The van der Waals surface area contributed by atoms with Crippen LogP contribution in [0, 0.1) is 20.8 Å². The van der Waals surface area contributed by atoms with Crippen molar-refractivity contribution in [1.82, 2.24) is 14.8 Å². The van der Waals surface area contributed by atoms with Gasteiger partial charge in [-0.05, 0) is 38.8 Å². The van der Waals surface area contributed by atoms with E-state index < -0.39 is 0 Å². The standard InChI is InChI=1S/C21H23N3OS/c1-5-24-20(18-9-7-6-8-15(18)3)22-23-21(24)26-13-19(25)17-11-10-14(2)12-16(17)4/h6-12H,5,13H2,1-4H3. The molecule has 3 aromatic rings. The lowest BCUT2D eigenvalue weighted by molar-refractivity contribution is 0.102. The second-order valence-electron chi connectivity index (χ2n) is 6.40. The number of Topliss-reactive ketones (excluding diaryl/α,β-unsaturated/α-hetero) is 1. The molecule has 0 spiro atoms. The Morgan fingerprint density at radius 2 is 1.81 bits per heavy atom. The van der Waals surface area contributed by atoms with E-state index in [0.29, 0.717) is 5.75 Å². The first-order valence-corrected chi connectivity index (χ1v) is 9.72. The van der Waals surface area contributed by atoms with E-state index in [-0.39, 0.29) is 5.78 Å². The first kappa shape index (κ1) is 18.4. The second-order valence-corrected chi connectivity index (χ2v) is 7.34. The van der Waals surface area contributed by atoms with Crippen LogP contribution in [0.2, 0.25) is 0 Å². The van der Waals surface area contributed by atoms with E-state index in [1.165, 1.54) is 17.3 Å². The molecule has 0 saturated heterocycles. The zero-order chi connectivity index (χ0) is 18.7. The molecule has 0 aliphatic carbocycles. The van der Waals surface area contributed by atoms with E-state index >= 15 is 0 Å². The summed E-state index contributed by atoms with van der Waals surface area (Å²) in [6.07, 6.45) is 0. The largest absolute Gasteiger partial charge is 0.302 e. The zero-order valence-electron chi connectivity index (χ0n) is 15.6. The molecular formula is C21H23N3OS. The molecular weight excluding hydrogens is 342 g/mol. The molecule has 0 aliphatic rings. The predicted octanol–water partition coefficient (Wildman–Crippen LogP) is 4.87. The van der Waals surface area contributed by atoms with E-state index in [0.717, 1.165) is 39.8 Å². The lowest BCUT2D eigenvalue weighted by Gasteiger charge is -2.09. The van der Waals surface area contributed by atoms with Gasteiger partial charge in [0.05, 0.1) is 5.75 Å². The van der Waals surface area contributed by atoms with Crippen molar-refractivity contribution >= 4 is 17.5 Å². The molecule has 3 rings (SSSR count). The Labute approximate surface area is 158 Å². The van der Waals surface area contributed by atoms with Gasteiger partial charge in [0.1, 0.15) is 0 Å². The highest BCUT2D eigenvalue weighted by atomic mass is 32.2. The minimum absolute atomic E-state index is 0.121. The molecule has 0 unspecified atom stereocenters. The number of ketones is 1. The van der Waals surface area contributed by atoms with Crippen molar-refractivity contribution in [2.24, 2.45) is 0 Å². The summed E-state index contributed by atoms with van der Waals surface area (Å²) < 4.78 is 2.07. The summed E-state index contributed by atoms with van der Waals surface area (Å²) in [5.74, 6) is 1.33. The Morgan fingerprint density at radius 1 is 1.04 bits per heavy atom. The minimum atomic E-state index is 0.121. The van der Waals surface area contributed by atoms with Gasteiger partial charge in [0.25, 0.3) is 0 Å². The summed E-state index contributed by atoms with van der Waals surface area (Å²) in [6.45, 7) is 8.92. The van der Waals surface area contributed by atoms with Gasteiger partial charge in [-0.15, -0.1) is 10.2 Å². The SMILES string of the molecule is CCn1c(SCC(=O)c2ccc(C)cc2C)nnc1-c1ccccc1C. The van der Waals surface area contributed by atoms with Gasteiger partial charge < -0.3 is 4.57 Å². The highest BCUT2D eigenvalue weighted by Gasteiger charge is 2.17. The summed E-state index contributed by atoms with van der Waals surface area (Å²) in [5.41, 5.74) is 5.21. The fraction of sp³-hybridized carbons (Fsp3) is 0.286. The zero-order valence-corrected chi connectivity index (χ0v) is 16.4. The predicted molar refractivity (Wildman–Crippen MR) is 107 cm³/mol. The third-order valence-corrected chi connectivity index (χ3v) is 5.40. The van der Waals surface area contributed by atoms with Crippen LogP contribution in [0.1, 0.15) is 34.0 Å². The molecule has 134 valence electrons. The number of carbonyl (C=O) groups is 1. The summed E-state index contributed by atoms with van der Waals surface area (Å²) in [7, 11) is 0. The van der Waals surface area contributed by atoms with Gasteiger partial charge in [0, 0.05) is 17.7 Å². The van der Waals surface area contributed by atoms with Gasteiger partial charge in [-0.25, -0.2) is 0 Å². The molecule has 26 heavy (non-hydrogen) atoms. The first-order valence-electron chi connectivity index (χ1n) is 8.73. The van der Waals surface area contributed by atoms with Gasteiger partial charge >= 0.3 is 0 Å². The van der Waals surface area contributed by atoms with Crippen molar-refractivity contribution in [2.45, 2.75) is 39.4 Å². The van der Waals surface area contributed by atoms with E-state index in [2.05, 4.69) is 40.7 Å². The number of hydrogen-bond donors (Lipinski definition) is 0. The lowest BCUT2D eigenvalue weighted by atomic mass is 10.0. The molecule has 0 fully saturated rings. The normalized spacial score (nSPS) is 10.9. The number of hydrogen-bond acceptors (Lipinski definition) is 4. The van der Waals surface area contributed by atoms with Crippen molar-refractivity contribution in [3.8, 4) is 11.4 Å². The third kappa shape index (κ3) is 3.73. The molecule has 5 heteroatoms. The number of benzene rings is 2. The average Bonchev–Trinajstić information content (AvgIpc) is 3.02. The second kappa shape index (κ2) is 7.87. The van der Waals surface area contributed by atoms with Gasteiger partial charge in [-0.2, -0.15) is 0 Å². The highest BCUT2D eigenvalue weighted by Crippen LogP contribution is 2.26. The lowest BCUT2D eigenvalue weighted by Crippen LogP contribution is -2.07. The number of rotatable bonds is 6. The van der Waals surface area contributed by atoms with E-state index in [9.17, 15) is 4.79 Å². The topological polar surface area (TPSA) is 47.8 Å². The number of thioether (sulfide) groups is 1. The maximum atomic E-state index is 12.6. The fourth-order valence-electron chi connectivity index (χ4n) is 3.04. The van der Waals surface area contributed by atoms with Crippen molar-refractivity contribution in [1.29, 1.82) is 0 Å². The third-order valence-electron chi connectivity index (χ3n) is 4.43. The van der Waals surface area contributed by atoms with Gasteiger partial charge in [0.15, 0.2) is 16.8 Å². The molecule has 0 radical (unpaired) electrons. The van der Waals surface area contributed by atoms with Crippen LogP contribution in [0.4, 0.5) is 0 Å². The van der Waals surface area contributed by atoms with Gasteiger partial charge in [0.2, 0.25) is 0 Å². The summed E-state index contributed by atoms with van der Waals surface area (Å²) >= 11 is 1.45. The summed E-state index contributed by atoms with van der Waals surface area (Å²) in [4.78, 5) is 12.6. The van der Waals surface area contributed by atoms with Crippen molar-refractivity contribution in [2.75, 3.05) is 5.75 Å². The molecule has 0 aliphatic heterocycles. The highest BCUT2D eigenvalue weighted by molar-refractivity contribution is 7.99. The van der Waals surface area contributed by atoms with Gasteiger partial charge in [-0.3, -0.25) is 4.79 Å². The molecule has 0 saturated carbocycles. The molecule has 0 N–H and O–H groups in total.